The lowest BCUT2D eigenvalue weighted by atomic mass is 10.2. The van der Waals surface area contributed by atoms with Gasteiger partial charge in [-0.15, -0.1) is 0 Å². The molecule has 0 radical (unpaired) electrons. The minimum absolute atomic E-state index is 0.0605. The van der Waals surface area contributed by atoms with Crippen molar-refractivity contribution in [2.75, 3.05) is 0 Å². The van der Waals surface area contributed by atoms with Crippen LogP contribution in [-0.2, 0) is 11.3 Å². The van der Waals surface area contributed by atoms with E-state index < -0.39 is 17.5 Å². The maximum Gasteiger partial charge on any atom is 0.387 e. The maximum atomic E-state index is 12.0. The number of hydrogen-bond donors (Lipinski definition) is 0. The van der Waals surface area contributed by atoms with Crippen molar-refractivity contribution in [2.45, 2.75) is 13.2 Å². The van der Waals surface area contributed by atoms with Gasteiger partial charge in [0.15, 0.2) is 0 Å². The van der Waals surface area contributed by atoms with Crippen LogP contribution in [0.3, 0.4) is 0 Å². The Morgan fingerprint density at radius 1 is 1.09 bits per heavy atom. The quantitative estimate of drug-likeness (QED) is 0.461. The van der Waals surface area contributed by atoms with Gasteiger partial charge in [-0.3, -0.25) is 10.1 Å². The van der Waals surface area contributed by atoms with E-state index in [1.807, 2.05) is 0 Å². The normalized spacial score (nSPS) is 10.4. The van der Waals surface area contributed by atoms with Gasteiger partial charge < -0.3 is 9.47 Å². The summed E-state index contributed by atoms with van der Waals surface area (Å²) in [7, 11) is 0. The van der Waals surface area contributed by atoms with Crippen LogP contribution in [0.4, 0.5) is 14.5 Å². The van der Waals surface area contributed by atoms with E-state index in [9.17, 15) is 23.7 Å². The van der Waals surface area contributed by atoms with Crippen LogP contribution in [-0.4, -0.2) is 17.5 Å². The van der Waals surface area contributed by atoms with E-state index >= 15 is 0 Å². The van der Waals surface area contributed by atoms with Crippen molar-refractivity contribution in [2.24, 2.45) is 0 Å². The fraction of sp³-hybridized carbons (Fsp3) is 0.133. The molecule has 0 heterocycles. The van der Waals surface area contributed by atoms with Crippen LogP contribution < -0.4 is 4.74 Å². The molecule has 2 rings (SSSR count). The Morgan fingerprint density at radius 3 is 2.22 bits per heavy atom. The molecular weight excluding hydrogens is 312 g/mol. The van der Waals surface area contributed by atoms with Crippen LogP contribution in [0.15, 0.2) is 48.5 Å². The summed E-state index contributed by atoms with van der Waals surface area (Å²) < 4.78 is 33.2. The first-order valence-electron chi connectivity index (χ1n) is 6.41. The first-order chi connectivity index (χ1) is 11.0. The summed E-state index contributed by atoms with van der Waals surface area (Å²) in [4.78, 5) is 21.8. The molecular formula is C15H11F2NO5. The number of nitro groups is 1. The van der Waals surface area contributed by atoms with Gasteiger partial charge in [0.25, 0.3) is 5.69 Å². The van der Waals surface area contributed by atoms with Crippen molar-refractivity contribution in [3.63, 3.8) is 0 Å². The van der Waals surface area contributed by atoms with Gasteiger partial charge >= 0.3 is 12.6 Å². The number of nitrogens with zero attached hydrogens (tertiary/aromatic N) is 1. The smallest absolute Gasteiger partial charge is 0.387 e. The number of rotatable bonds is 6. The fourth-order valence-electron chi connectivity index (χ4n) is 1.72. The van der Waals surface area contributed by atoms with E-state index in [4.69, 9.17) is 4.74 Å². The molecule has 0 aliphatic carbocycles. The minimum atomic E-state index is -2.94. The van der Waals surface area contributed by atoms with Gasteiger partial charge in [0, 0.05) is 12.1 Å². The summed E-state index contributed by atoms with van der Waals surface area (Å²) in [5.41, 5.74) is 0.699. The molecule has 0 amide bonds. The SMILES string of the molecule is O=C(OCc1ccc([N+](=O)[O-])cc1)c1ccc(OC(F)F)cc1. The highest BCUT2D eigenvalue weighted by molar-refractivity contribution is 5.89. The van der Waals surface area contributed by atoms with Gasteiger partial charge in [-0.2, -0.15) is 8.78 Å². The van der Waals surface area contributed by atoms with Crippen molar-refractivity contribution < 1.29 is 28.0 Å². The summed E-state index contributed by atoms with van der Waals surface area (Å²) in [6.07, 6.45) is 0. The van der Waals surface area contributed by atoms with Gasteiger partial charge in [-0.1, -0.05) is 0 Å². The molecule has 2 aromatic rings. The highest BCUT2D eigenvalue weighted by Gasteiger charge is 2.10. The number of esters is 1. The minimum Gasteiger partial charge on any atom is -0.457 e. The number of ether oxygens (including phenoxy) is 2. The van der Waals surface area contributed by atoms with E-state index in [-0.39, 0.29) is 23.6 Å². The monoisotopic (exact) mass is 323 g/mol. The highest BCUT2D eigenvalue weighted by Crippen LogP contribution is 2.16. The van der Waals surface area contributed by atoms with Crippen LogP contribution >= 0.6 is 0 Å². The molecule has 0 aliphatic heterocycles. The van der Waals surface area contributed by atoms with Crippen molar-refractivity contribution >= 4 is 11.7 Å². The second-order valence-electron chi connectivity index (χ2n) is 4.40. The molecule has 0 fully saturated rings. The van der Waals surface area contributed by atoms with E-state index in [2.05, 4.69) is 4.74 Å². The molecule has 120 valence electrons. The number of carbonyl (C=O) groups is 1. The fourth-order valence-corrected chi connectivity index (χ4v) is 1.72. The standard InChI is InChI=1S/C15H11F2NO5/c16-15(17)23-13-7-3-11(4-8-13)14(19)22-9-10-1-5-12(6-2-10)18(20)21/h1-8,15H,9H2. The number of non-ortho nitro benzene ring substituents is 1. The molecule has 0 atom stereocenters. The first kappa shape index (κ1) is 16.3. The Kier molecular flexibility index (Phi) is 5.19. The molecule has 8 heteroatoms. The van der Waals surface area contributed by atoms with Gasteiger partial charge in [0.2, 0.25) is 0 Å². The van der Waals surface area contributed by atoms with E-state index in [1.54, 1.807) is 0 Å². The largest absolute Gasteiger partial charge is 0.457 e. The van der Waals surface area contributed by atoms with Gasteiger partial charge in [-0.05, 0) is 42.0 Å². The van der Waals surface area contributed by atoms with Gasteiger partial charge in [-0.25, -0.2) is 4.79 Å². The molecule has 0 bridgehead atoms. The zero-order valence-corrected chi connectivity index (χ0v) is 11.6. The van der Waals surface area contributed by atoms with Crippen molar-refractivity contribution in [1.29, 1.82) is 0 Å². The third-order valence-electron chi connectivity index (χ3n) is 2.83. The van der Waals surface area contributed by atoms with Crippen LogP contribution in [0.5, 0.6) is 5.75 Å². The third-order valence-corrected chi connectivity index (χ3v) is 2.83. The summed E-state index contributed by atoms with van der Waals surface area (Å²) in [6, 6.07) is 10.6. The predicted molar refractivity (Wildman–Crippen MR) is 75.3 cm³/mol. The summed E-state index contributed by atoms with van der Waals surface area (Å²) >= 11 is 0. The summed E-state index contributed by atoms with van der Waals surface area (Å²) in [6.45, 7) is -3.00. The number of alkyl halides is 2. The number of nitro benzene ring substituents is 1. The molecule has 0 spiro atoms. The van der Waals surface area contributed by atoms with Gasteiger partial charge in [0.1, 0.15) is 12.4 Å². The molecule has 0 N–H and O–H groups in total. The lowest BCUT2D eigenvalue weighted by Crippen LogP contribution is -2.06. The molecule has 0 saturated heterocycles. The topological polar surface area (TPSA) is 78.7 Å². The third kappa shape index (κ3) is 4.73. The molecule has 2 aromatic carbocycles. The zero-order valence-electron chi connectivity index (χ0n) is 11.6. The number of carbonyl (C=O) groups excluding carboxylic acids is 1. The van der Waals surface area contributed by atoms with Crippen molar-refractivity contribution in [3.8, 4) is 5.75 Å². The average molecular weight is 323 g/mol. The Morgan fingerprint density at radius 2 is 1.70 bits per heavy atom. The molecule has 0 aromatic heterocycles. The summed E-state index contributed by atoms with van der Waals surface area (Å²) in [5.74, 6) is -0.709. The lowest BCUT2D eigenvalue weighted by Gasteiger charge is -2.07. The Bertz CT molecular complexity index is 686. The maximum absolute atomic E-state index is 12.0. The number of halogens is 2. The van der Waals surface area contributed by atoms with Crippen LogP contribution in [0.2, 0.25) is 0 Å². The Balaban J connectivity index is 1.92. The zero-order chi connectivity index (χ0) is 16.8. The number of benzene rings is 2. The molecule has 6 nitrogen and oxygen atoms in total. The van der Waals surface area contributed by atoms with Crippen LogP contribution in [0.25, 0.3) is 0 Å². The van der Waals surface area contributed by atoms with Gasteiger partial charge in [0.05, 0.1) is 10.5 Å². The van der Waals surface area contributed by atoms with Crippen LogP contribution in [0.1, 0.15) is 15.9 Å². The van der Waals surface area contributed by atoms with Crippen molar-refractivity contribution in [1.82, 2.24) is 0 Å². The Hall–Kier alpha value is -3.03. The molecule has 0 saturated carbocycles. The first-order valence-corrected chi connectivity index (χ1v) is 6.41. The average Bonchev–Trinajstić information content (AvgIpc) is 2.53. The molecule has 0 aliphatic rings. The van der Waals surface area contributed by atoms with E-state index in [0.717, 1.165) is 0 Å². The Labute approximate surface area is 129 Å². The second-order valence-corrected chi connectivity index (χ2v) is 4.40. The second kappa shape index (κ2) is 7.30. The number of hydrogen-bond acceptors (Lipinski definition) is 5. The molecule has 23 heavy (non-hydrogen) atoms. The van der Waals surface area contributed by atoms with E-state index in [0.29, 0.717) is 5.56 Å². The van der Waals surface area contributed by atoms with Crippen LogP contribution in [0, 0.1) is 10.1 Å². The van der Waals surface area contributed by atoms with Crippen molar-refractivity contribution in [3.05, 3.63) is 69.8 Å². The molecule has 0 unspecified atom stereocenters. The lowest BCUT2D eigenvalue weighted by molar-refractivity contribution is -0.384. The highest BCUT2D eigenvalue weighted by atomic mass is 19.3. The summed E-state index contributed by atoms with van der Waals surface area (Å²) in [5, 5.41) is 10.5. The predicted octanol–water partition coefficient (Wildman–Crippen LogP) is 3.55. The van der Waals surface area contributed by atoms with E-state index in [1.165, 1.54) is 48.5 Å².